The van der Waals surface area contributed by atoms with Crippen LogP contribution in [-0.4, -0.2) is 40.7 Å². The lowest BCUT2D eigenvalue weighted by molar-refractivity contribution is 0.426. The van der Waals surface area contributed by atoms with Gasteiger partial charge in [-0.15, -0.1) is 5.10 Å². The highest BCUT2D eigenvalue weighted by Crippen LogP contribution is 2.36. The molecule has 4 N–H and O–H groups in total. The third-order valence-corrected chi connectivity index (χ3v) is 5.69. The van der Waals surface area contributed by atoms with E-state index in [1.54, 1.807) is 25.5 Å². The van der Waals surface area contributed by atoms with Crippen LogP contribution in [0.15, 0.2) is 36.4 Å². The maximum Gasteiger partial charge on any atom is 0.488 e. The van der Waals surface area contributed by atoms with Gasteiger partial charge in [0.2, 0.25) is 0 Å². The molecule has 1 aromatic heterocycles. The van der Waals surface area contributed by atoms with Gasteiger partial charge in [0.05, 0.1) is 5.69 Å². The van der Waals surface area contributed by atoms with Gasteiger partial charge in [-0.2, -0.15) is 5.10 Å². The van der Waals surface area contributed by atoms with E-state index >= 15 is 0 Å². The molecule has 0 fully saturated rings. The number of hydrogen-bond donors (Lipinski definition) is 3. The number of aromatic nitrogens is 2. The Morgan fingerprint density at radius 3 is 2.36 bits per heavy atom. The SMILES string of the molecule is Cc1nnc(N)c2ccc(-c3cc(B(O)O)cc(P(C)(C)=O)c3)cc12. The van der Waals surface area contributed by atoms with Crippen molar-refractivity contribution in [2.45, 2.75) is 6.92 Å². The van der Waals surface area contributed by atoms with E-state index in [-0.39, 0.29) is 0 Å². The molecule has 3 aromatic rings. The molecule has 6 nitrogen and oxygen atoms in total. The summed E-state index contributed by atoms with van der Waals surface area (Å²) in [6.45, 7) is 5.16. The molecule has 128 valence electrons. The number of nitrogens with zero attached hydrogens (tertiary/aromatic N) is 2. The Kier molecular flexibility index (Phi) is 4.41. The van der Waals surface area contributed by atoms with Crippen molar-refractivity contribution >= 4 is 41.6 Å². The highest BCUT2D eigenvalue weighted by molar-refractivity contribution is 7.70. The van der Waals surface area contributed by atoms with E-state index in [0.717, 1.165) is 27.6 Å². The van der Waals surface area contributed by atoms with Crippen LogP contribution in [0.3, 0.4) is 0 Å². The molecule has 0 aliphatic rings. The van der Waals surface area contributed by atoms with Gasteiger partial charge in [-0.1, -0.05) is 18.2 Å². The molecule has 3 rings (SSSR count). The summed E-state index contributed by atoms with van der Waals surface area (Å²) in [4.78, 5) is 0. The minimum atomic E-state index is -2.56. The van der Waals surface area contributed by atoms with Gasteiger partial charge < -0.3 is 20.3 Å². The molecule has 1 heterocycles. The summed E-state index contributed by atoms with van der Waals surface area (Å²) < 4.78 is 12.5. The van der Waals surface area contributed by atoms with Crippen molar-refractivity contribution in [2.24, 2.45) is 0 Å². The number of rotatable bonds is 3. The van der Waals surface area contributed by atoms with Crippen LogP contribution in [0.2, 0.25) is 0 Å². The maximum absolute atomic E-state index is 12.5. The Bertz CT molecular complexity index is 1020. The number of benzene rings is 2. The first kappa shape index (κ1) is 17.6. The monoisotopic (exact) mass is 355 g/mol. The maximum atomic E-state index is 12.5. The van der Waals surface area contributed by atoms with Gasteiger partial charge in [0.15, 0.2) is 5.82 Å². The van der Waals surface area contributed by atoms with Gasteiger partial charge in [0.1, 0.15) is 7.14 Å². The van der Waals surface area contributed by atoms with Crippen LogP contribution in [0.25, 0.3) is 21.9 Å². The highest BCUT2D eigenvalue weighted by Gasteiger charge is 2.19. The average Bonchev–Trinajstić information content (AvgIpc) is 2.56. The Hall–Kier alpha value is -2.21. The zero-order chi connectivity index (χ0) is 18.4. The van der Waals surface area contributed by atoms with Crippen LogP contribution in [0.5, 0.6) is 0 Å². The van der Waals surface area contributed by atoms with Gasteiger partial charge in [-0.05, 0) is 55.0 Å². The summed E-state index contributed by atoms with van der Waals surface area (Å²) in [7, 11) is -4.19. The fourth-order valence-electron chi connectivity index (χ4n) is 2.74. The van der Waals surface area contributed by atoms with E-state index in [1.165, 1.54) is 0 Å². The summed E-state index contributed by atoms with van der Waals surface area (Å²) in [6.07, 6.45) is 0. The van der Waals surface area contributed by atoms with Crippen molar-refractivity contribution in [3.63, 3.8) is 0 Å². The molecule has 0 saturated carbocycles. The second-order valence-electron chi connectivity index (χ2n) is 6.47. The quantitative estimate of drug-likeness (QED) is 0.480. The van der Waals surface area contributed by atoms with E-state index in [4.69, 9.17) is 5.73 Å². The summed E-state index contributed by atoms with van der Waals surface area (Å²) >= 11 is 0. The molecule has 0 saturated heterocycles. The zero-order valence-electron chi connectivity index (χ0n) is 14.3. The van der Waals surface area contributed by atoms with Crippen molar-refractivity contribution in [3.05, 3.63) is 42.1 Å². The predicted octanol–water partition coefficient (Wildman–Crippen LogP) is 1.12. The molecule has 2 aromatic carbocycles. The Morgan fingerprint density at radius 2 is 1.72 bits per heavy atom. The molecule has 0 aliphatic carbocycles. The highest BCUT2D eigenvalue weighted by atomic mass is 31.2. The normalized spacial score (nSPS) is 11.7. The lowest BCUT2D eigenvalue weighted by Gasteiger charge is -2.14. The summed E-state index contributed by atoms with van der Waals surface area (Å²) in [5, 5.41) is 29.4. The van der Waals surface area contributed by atoms with Crippen molar-refractivity contribution in [2.75, 3.05) is 19.1 Å². The van der Waals surface area contributed by atoms with Crippen molar-refractivity contribution in [3.8, 4) is 11.1 Å². The van der Waals surface area contributed by atoms with Gasteiger partial charge in [-0.25, -0.2) is 0 Å². The Morgan fingerprint density at radius 1 is 1.00 bits per heavy atom. The first-order chi connectivity index (χ1) is 11.7. The first-order valence-electron chi connectivity index (χ1n) is 7.76. The molecular formula is C17H19BN3O3P. The fourth-order valence-corrected chi connectivity index (χ4v) is 3.65. The number of anilines is 1. The van der Waals surface area contributed by atoms with Crippen LogP contribution in [0.1, 0.15) is 5.69 Å². The van der Waals surface area contributed by atoms with E-state index < -0.39 is 14.3 Å². The number of aryl methyl sites for hydroxylation is 1. The van der Waals surface area contributed by atoms with E-state index in [2.05, 4.69) is 10.2 Å². The smallest absolute Gasteiger partial charge is 0.423 e. The predicted molar refractivity (Wildman–Crippen MR) is 103 cm³/mol. The molecule has 0 unspecified atom stereocenters. The number of fused-ring (bicyclic) bond motifs is 1. The standard InChI is InChI=1S/C17H19BN3O3P/c1-10-16-8-11(4-5-15(16)17(19)21-20-10)12-6-13(18(22)23)9-14(7-12)25(2,3)24/h4-9,22-23H,1-3H3,(H2,19,21). The molecule has 8 heteroatoms. The van der Waals surface area contributed by atoms with Crippen LogP contribution in [-0.2, 0) is 4.57 Å². The molecule has 0 spiro atoms. The number of nitrogen functional groups attached to an aromatic ring is 1. The second-order valence-corrected chi connectivity index (χ2v) is 9.69. The van der Waals surface area contributed by atoms with Crippen molar-refractivity contribution in [1.29, 1.82) is 0 Å². The third kappa shape index (κ3) is 3.44. The Labute approximate surface area is 146 Å². The van der Waals surface area contributed by atoms with Gasteiger partial charge in [0, 0.05) is 16.1 Å². The summed E-state index contributed by atoms with van der Waals surface area (Å²) in [5.41, 5.74) is 8.54. The molecule has 0 bridgehead atoms. The number of hydrogen-bond acceptors (Lipinski definition) is 6. The lowest BCUT2D eigenvalue weighted by atomic mass is 9.79. The molecule has 25 heavy (non-hydrogen) atoms. The van der Waals surface area contributed by atoms with E-state index in [0.29, 0.717) is 16.6 Å². The van der Waals surface area contributed by atoms with E-state index in [1.807, 2.05) is 31.2 Å². The summed E-state index contributed by atoms with van der Waals surface area (Å²) in [5.74, 6) is 0.360. The largest absolute Gasteiger partial charge is 0.488 e. The minimum absolute atomic E-state index is 0.306. The molecule has 0 amide bonds. The van der Waals surface area contributed by atoms with Crippen LogP contribution < -0.4 is 16.5 Å². The van der Waals surface area contributed by atoms with Crippen LogP contribution >= 0.6 is 7.14 Å². The molecule has 0 aliphatic heterocycles. The van der Waals surface area contributed by atoms with Crippen LogP contribution in [0, 0.1) is 6.92 Å². The van der Waals surface area contributed by atoms with Gasteiger partial charge >= 0.3 is 7.12 Å². The van der Waals surface area contributed by atoms with Crippen molar-refractivity contribution in [1.82, 2.24) is 10.2 Å². The average molecular weight is 355 g/mol. The van der Waals surface area contributed by atoms with Gasteiger partial charge in [-0.3, -0.25) is 0 Å². The fraction of sp³-hybridized carbons (Fsp3) is 0.176. The van der Waals surface area contributed by atoms with Crippen molar-refractivity contribution < 1.29 is 14.6 Å². The molecular weight excluding hydrogens is 336 g/mol. The topological polar surface area (TPSA) is 109 Å². The van der Waals surface area contributed by atoms with E-state index in [9.17, 15) is 14.6 Å². The second kappa shape index (κ2) is 6.26. The Balaban J connectivity index is 2.25. The zero-order valence-corrected chi connectivity index (χ0v) is 15.2. The molecule has 0 atom stereocenters. The molecule has 0 radical (unpaired) electrons. The van der Waals surface area contributed by atoms with Crippen LogP contribution in [0.4, 0.5) is 5.82 Å². The lowest BCUT2D eigenvalue weighted by Crippen LogP contribution is -2.32. The summed E-state index contributed by atoms with van der Waals surface area (Å²) in [6, 6.07) is 10.7. The first-order valence-corrected chi connectivity index (χ1v) is 10.4. The number of nitrogens with two attached hydrogens (primary N) is 1. The van der Waals surface area contributed by atoms with Gasteiger partial charge in [0.25, 0.3) is 0 Å². The third-order valence-electron chi connectivity index (χ3n) is 4.19. The minimum Gasteiger partial charge on any atom is -0.423 e.